The van der Waals surface area contributed by atoms with E-state index in [-0.39, 0.29) is 35.2 Å². The molecule has 3 rings (SSSR count). The van der Waals surface area contributed by atoms with E-state index in [9.17, 15) is 19.2 Å². The van der Waals surface area contributed by atoms with E-state index in [1.807, 2.05) is 0 Å². The molecule has 0 bridgehead atoms. The number of benzene rings is 1. The number of nitrogens with one attached hydrogen (secondary N) is 1. The number of fused-ring (bicyclic) bond motifs is 1. The molecule has 1 fully saturated rings. The summed E-state index contributed by atoms with van der Waals surface area (Å²) >= 11 is 0. The summed E-state index contributed by atoms with van der Waals surface area (Å²) < 4.78 is 0. The molecule has 0 aromatic heterocycles. The number of hydrogen-bond donors (Lipinski definition) is 1. The highest BCUT2D eigenvalue weighted by Crippen LogP contribution is 2.30. The van der Waals surface area contributed by atoms with Crippen LogP contribution in [0.4, 0.5) is 0 Å². The Morgan fingerprint density at radius 3 is 2.19 bits per heavy atom. The van der Waals surface area contributed by atoms with Gasteiger partial charge in [0, 0.05) is 37.2 Å². The number of hydrogen-bond acceptors (Lipinski definition) is 4. The average Bonchev–Trinajstić information content (AvgIpc) is 2.85. The number of carbonyl (C=O) groups excluding carboxylic acids is 4. The lowest BCUT2D eigenvalue weighted by atomic mass is 10.0. The van der Waals surface area contributed by atoms with Gasteiger partial charge in [-0.15, -0.1) is 0 Å². The van der Waals surface area contributed by atoms with Gasteiger partial charge < -0.3 is 10.2 Å². The largest absolute Gasteiger partial charge is 0.353 e. The van der Waals surface area contributed by atoms with Crippen molar-refractivity contribution in [1.29, 1.82) is 0 Å². The first-order chi connectivity index (χ1) is 12.6. The van der Waals surface area contributed by atoms with Gasteiger partial charge in [-0.3, -0.25) is 24.1 Å². The highest BCUT2D eigenvalue weighted by atomic mass is 16.2. The van der Waals surface area contributed by atoms with Gasteiger partial charge in [0.05, 0.1) is 11.1 Å². The highest BCUT2D eigenvalue weighted by molar-refractivity contribution is 6.22. The summed E-state index contributed by atoms with van der Waals surface area (Å²) in [6.45, 7) is 7.99. The molecule has 1 N–H and O–H groups in total. The Kier molecular flexibility index (Phi) is 4.80. The van der Waals surface area contributed by atoms with E-state index in [1.165, 1.54) is 17.9 Å². The third-order valence-corrected chi connectivity index (χ3v) is 4.99. The van der Waals surface area contributed by atoms with Crippen LogP contribution in [-0.4, -0.2) is 58.1 Å². The number of amides is 4. The van der Waals surface area contributed by atoms with Crippen LogP contribution in [0.25, 0.3) is 0 Å². The van der Waals surface area contributed by atoms with Crippen LogP contribution in [0.5, 0.6) is 0 Å². The second kappa shape index (κ2) is 6.79. The molecule has 1 aromatic carbocycles. The van der Waals surface area contributed by atoms with Crippen LogP contribution in [0.1, 0.15) is 71.6 Å². The van der Waals surface area contributed by atoms with Gasteiger partial charge in [-0.2, -0.15) is 0 Å². The van der Waals surface area contributed by atoms with E-state index in [2.05, 4.69) is 5.32 Å². The standard InChI is InChI=1S/C20H25N3O4/c1-12(24)21-14-7-9-22(10-8-14)17(25)13-5-6-15-16(11-13)19(27)23(18(15)26)20(2,3)4/h5-6,11,14H,7-10H2,1-4H3,(H,21,24). The molecule has 144 valence electrons. The maximum Gasteiger partial charge on any atom is 0.262 e. The van der Waals surface area contributed by atoms with Crippen LogP contribution in [0.15, 0.2) is 18.2 Å². The zero-order valence-corrected chi connectivity index (χ0v) is 16.2. The van der Waals surface area contributed by atoms with Gasteiger partial charge in [-0.05, 0) is 51.8 Å². The van der Waals surface area contributed by atoms with Crippen molar-refractivity contribution in [3.05, 3.63) is 34.9 Å². The van der Waals surface area contributed by atoms with Crippen molar-refractivity contribution in [2.24, 2.45) is 0 Å². The highest BCUT2D eigenvalue weighted by Gasteiger charge is 2.42. The lowest BCUT2D eigenvalue weighted by Crippen LogP contribution is -2.46. The first-order valence-corrected chi connectivity index (χ1v) is 9.19. The molecule has 2 aliphatic rings. The van der Waals surface area contributed by atoms with Gasteiger partial charge >= 0.3 is 0 Å². The van der Waals surface area contributed by atoms with Crippen LogP contribution in [0.3, 0.4) is 0 Å². The number of carbonyl (C=O) groups is 4. The van der Waals surface area contributed by atoms with E-state index in [0.29, 0.717) is 37.1 Å². The van der Waals surface area contributed by atoms with E-state index in [4.69, 9.17) is 0 Å². The number of piperidine rings is 1. The zero-order valence-electron chi connectivity index (χ0n) is 16.2. The lowest BCUT2D eigenvalue weighted by Gasteiger charge is -2.32. The summed E-state index contributed by atoms with van der Waals surface area (Å²) in [6, 6.07) is 4.80. The molecule has 1 saturated heterocycles. The molecule has 0 unspecified atom stereocenters. The second-order valence-electron chi connectivity index (χ2n) is 8.14. The molecule has 2 heterocycles. The van der Waals surface area contributed by atoms with E-state index < -0.39 is 5.54 Å². The maximum absolute atomic E-state index is 12.8. The summed E-state index contributed by atoms with van der Waals surface area (Å²) in [6.07, 6.45) is 1.40. The Hall–Kier alpha value is -2.70. The minimum absolute atomic E-state index is 0.0648. The average molecular weight is 371 g/mol. The number of nitrogens with zero attached hydrogens (tertiary/aromatic N) is 2. The van der Waals surface area contributed by atoms with Crippen LogP contribution < -0.4 is 5.32 Å². The van der Waals surface area contributed by atoms with Crippen molar-refractivity contribution >= 4 is 23.6 Å². The summed E-state index contributed by atoms with van der Waals surface area (Å²) in [5.41, 5.74) is 0.413. The quantitative estimate of drug-likeness (QED) is 0.804. The molecule has 0 atom stereocenters. The van der Waals surface area contributed by atoms with Gasteiger partial charge in [0.15, 0.2) is 0 Å². The second-order valence-corrected chi connectivity index (χ2v) is 8.14. The van der Waals surface area contributed by atoms with Crippen molar-refractivity contribution in [3.63, 3.8) is 0 Å². The predicted octanol–water partition coefficient (Wildman–Crippen LogP) is 1.82. The Bertz CT molecular complexity index is 817. The summed E-state index contributed by atoms with van der Waals surface area (Å²) in [7, 11) is 0. The molecule has 0 saturated carbocycles. The first-order valence-electron chi connectivity index (χ1n) is 9.19. The van der Waals surface area contributed by atoms with Crippen molar-refractivity contribution in [1.82, 2.24) is 15.1 Å². The van der Waals surface area contributed by atoms with Crippen LogP contribution in [0.2, 0.25) is 0 Å². The van der Waals surface area contributed by atoms with E-state index in [0.717, 1.165) is 0 Å². The van der Waals surface area contributed by atoms with Gasteiger partial charge in [-0.1, -0.05) is 0 Å². The Morgan fingerprint density at radius 2 is 1.63 bits per heavy atom. The van der Waals surface area contributed by atoms with Gasteiger partial charge in [0.1, 0.15) is 0 Å². The number of rotatable bonds is 2. The van der Waals surface area contributed by atoms with Crippen molar-refractivity contribution in [2.75, 3.05) is 13.1 Å². The molecule has 27 heavy (non-hydrogen) atoms. The zero-order chi connectivity index (χ0) is 19.9. The van der Waals surface area contributed by atoms with Crippen molar-refractivity contribution in [3.8, 4) is 0 Å². The molecule has 4 amide bonds. The molecule has 0 aliphatic carbocycles. The number of likely N-dealkylation sites (tertiary alicyclic amines) is 1. The third kappa shape index (κ3) is 3.59. The van der Waals surface area contributed by atoms with E-state index >= 15 is 0 Å². The minimum Gasteiger partial charge on any atom is -0.353 e. The molecule has 0 spiro atoms. The summed E-state index contributed by atoms with van der Waals surface area (Å²) in [5, 5.41) is 2.88. The van der Waals surface area contributed by atoms with Gasteiger partial charge in [0.2, 0.25) is 5.91 Å². The summed E-state index contributed by atoms with van der Waals surface area (Å²) in [5.74, 6) is -0.905. The van der Waals surface area contributed by atoms with Gasteiger partial charge in [-0.25, -0.2) is 0 Å². The molecular formula is C20H25N3O4. The van der Waals surface area contributed by atoms with Crippen LogP contribution in [0, 0.1) is 0 Å². The third-order valence-electron chi connectivity index (χ3n) is 4.99. The van der Waals surface area contributed by atoms with Gasteiger partial charge in [0.25, 0.3) is 17.7 Å². The van der Waals surface area contributed by atoms with Crippen LogP contribution >= 0.6 is 0 Å². The van der Waals surface area contributed by atoms with Crippen LogP contribution in [-0.2, 0) is 4.79 Å². The fourth-order valence-corrected chi connectivity index (χ4v) is 3.68. The molecular weight excluding hydrogens is 346 g/mol. The molecule has 2 aliphatic heterocycles. The SMILES string of the molecule is CC(=O)NC1CCN(C(=O)c2ccc3c(c2)C(=O)N(C(C)(C)C)C3=O)CC1. The molecule has 0 radical (unpaired) electrons. The topological polar surface area (TPSA) is 86.8 Å². The molecule has 1 aromatic rings. The summed E-state index contributed by atoms with van der Waals surface area (Å²) in [4.78, 5) is 52.2. The van der Waals surface area contributed by atoms with Crippen molar-refractivity contribution in [2.45, 2.75) is 52.1 Å². The lowest BCUT2D eigenvalue weighted by molar-refractivity contribution is -0.119. The Labute approximate surface area is 158 Å². The Morgan fingerprint density at radius 1 is 1.04 bits per heavy atom. The fourth-order valence-electron chi connectivity index (χ4n) is 3.68. The normalized spacial score (nSPS) is 17.9. The first kappa shape index (κ1) is 19.1. The fraction of sp³-hybridized carbons (Fsp3) is 0.500. The maximum atomic E-state index is 12.8. The molecule has 7 nitrogen and oxygen atoms in total. The van der Waals surface area contributed by atoms with E-state index in [1.54, 1.807) is 37.8 Å². The van der Waals surface area contributed by atoms with Crippen molar-refractivity contribution < 1.29 is 19.2 Å². The monoisotopic (exact) mass is 371 g/mol. The number of imide groups is 1. The predicted molar refractivity (Wildman–Crippen MR) is 99.4 cm³/mol. The minimum atomic E-state index is -0.622. The Balaban J connectivity index is 1.76. The smallest absolute Gasteiger partial charge is 0.262 e. The molecule has 7 heteroatoms.